The number of aromatic nitrogens is 4. The van der Waals surface area contributed by atoms with Crippen LogP contribution in [0.4, 0.5) is 5.69 Å². The molecule has 0 aromatic carbocycles. The highest BCUT2D eigenvalue weighted by molar-refractivity contribution is 5.91. The van der Waals surface area contributed by atoms with Gasteiger partial charge in [0, 0.05) is 25.0 Å². The summed E-state index contributed by atoms with van der Waals surface area (Å²) in [6.07, 6.45) is 6.30. The van der Waals surface area contributed by atoms with Crippen LogP contribution in [0, 0.1) is 0 Å². The van der Waals surface area contributed by atoms with Gasteiger partial charge in [-0.1, -0.05) is 0 Å². The maximum Gasteiger partial charge on any atom is 0.131 e. The van der Waals surface area contributed by atoms with Crippen LogP contribution in [-0.2, 0) is 4.74 Å². The molecule has 1 saturated heterocycles. The van der Waals surface area contributed by atoms with Crippen molar-refractivity contribution in [1.29, 1.82) is 0 Å². The molecule has 1 atom stereocenters. The van der Waals surface area contributed by atoms with Crippen molar-refractivity contribution in [1.82, 2.24) is 19.7 Å². The van der Waals surface area contributed by atoms with E-state index in [-0.39, 0.29) is 6.04 Å². The summed E-state index contributed by atoms with van der Waals surface area (Å²) in [5.41, 5.74) is 4.55. The van der Waals surface area contributed by atoms with Crippen molar-refractivity contribution in [2.24, 2.45) is 0 Å². The van der Waals surface area contributed by atoms with Crippen molar-refractivity contribution in [3.05, 3.63) is 30.7 Å². The van der Waals surface area contributed by atoms with E-state index >= 15 is 0 Å². The molecule has 4 heterocycles. The van der Waals surface area contributed by atoms with Crippen molar-refractivity contribution in [2.75, 3.05) is 25.6 Å². The van der Waals surface area contributed by atoms with Crippen LogP contribution in [0.5, 0.6) is 5.75 Å². The molecule has 3 aromatic heterocycles. The van der Waals surface area contributed by atoms with Crippen molar-refractivity contribution in [2.45, 2.75) is 32.4 Å². The van der Waals surface area contributed by atoms with E-state index in [0.717, 1.165) is 46.8 Å². The van der Waals surface area contributed by atoms with Gasteiger partial charge in [0.15, 0.2) is 0 Å². The molecule has 1 aliphatic rings. The largest absolute Gasteiger partial charge is 0.496 e. The van der Waals surface area contributed by atoms with Gasteiger partial charge in [-0.3, -0.25) is 9.67 Å². The van der Waals surface area contributed by atoms with E-state index in [1.807, 2.05) is 16.9 Å². The van der Waals surface area contributed by atoms with Gasteiger partial charge < -0.3 is 14.8 Å². The summed E-state index contributed by atoms with van der Waals surface area (Å²) in [5.74, 6) is 0.748. The van der Waals surface area contributed by atoms with Crippen molar-refractivity contribution in [3.8, 4) is 17.0 Å². The van der Waals surface area contributed by atoms with E-state index in [1.165, 1.54) is 0 Å². The van der Waals surface area contributed by atoms with E-state index in [1.54, 1.807) is 19.5 Å². The average Bonchev–Trinajstić information content (AvgIpc) is 3.31. The van der Waals surface area contributed by atoms with Gasteiger partial charge in [-0.25, -0.2) is 4.98 Å². The molecule has 0 unspecified atom stereocenters. The van der Waals surface area contributed by atoms with E-state index in [2.05, 4.69) is 35.3 Å². The minimum Gasteiger partial charge on any atom is -0.496 e. The Kier molecular flexibility index (Phi) is 4.46. The number of fused-ring (bicyclic) bond motifs is 1. The molecule has 0 amide bonds. The fraction of sp³-hybridized carbons (Fsp3) is 0.421. The summed E-state index contributed by atoms with van der Waals surface area (Å²) in [6.45, 7) is 5.74. The number of ether oxygens (including phenoxy) is 2. The first kappa shape index (κ1) is 16.8. The van der Waals surface area contributed by atoms with E-state index in [4.69, 9.17) is 14.5 Å². The Morgan fingerprint density at radius 1 is 1.35 bits per heavy atom. The normalized spacial score (nSPS) is 17.2. The van der Waals surface area contributed by atoms with Crippen LogP contribution in [0.2, 0.25) is 0 Å². The van der Waals surface area contributed by atoms with Crippen LogP contribution in [-0.4, -0.2) is 46.1 Å². The van der Waals surface area contributed by atoms with Crippen LogP contribution in [0.3, 0.4) is 0 Å². The second kappa shape index (κ2) is 6.92. The Labute approximate surface area is 152 Å². The lowest BCUT2D eigenvalue weighted by atomic mass is 10.1. The number of nitrogens with one attached hydrogen (secondary N) is 1. The third kappa shape index (κ3) is 2.99. The molecule has 1 aliphatic heterocycles. The van der Waals surface area contributed by atoms with Gasteiger partial charge in [0.05, 0.1) is 42.9 Å². The number of hydrogen-bond acceptors (Lipinski definition) is 6. The molecule has 0 radical (unpaired) electrons. The predicted molar refractivity (Wildman–Crippen MR) is 101 cm³/mol. The molecule has 0 aliphatic carbocycles. The molecule has 0 saturated carbocycles. The third-order valence-electron chi connectivity index (χ3n) is 4.61. The third-order valence-corrected chi connectivity index (χ3v) is 4.61. The molecule has 1 N–H and O–H groups in total. The smallest absolute Gasteiger partial charge is 0.131 e. The molecule has 136 valence electrons. The second-order valence-corrected chi connectivity index (χ2v) is 6.75. The quantitative estimate of drug-likeness (QED) is 0.759. The highest BCUT2D eigenvalue weighted by atomic mass is 16.5. The Morgan fingerprint density at radius 3 is 2.96 bits per heavy atom. The zero-order chi connectivity index (χ0) is 18.1. The van der Waals surface area contributed by atoms with Gasteiger partial charge in [-0.05, 0) is 32.4 Å². The lowest BCUT2D eigenvalue weighted by molar-refractivity contribution is 0.195. The summed E-state index contributed by atoms with van der Waals surface area (Å²) < 4.78 is 13.0. The topological polar surface area (TPSA) is 74.1 Å². The molecule has 3 aromatic rings. The summed E-state index contributed by atoms with van der Waals surface area (Å²) in [6, 6.07) is 4.44. The predicted octanol–water partition coefficient (Wildman–Crippen LogP) is 3.28. The molecule has 4 rings (SSSR count). The fourth-order valence-corrected chi connectivity index (χ4v) is 3.32. The number of nitrogens with zero attached hydrogens (tertiary/aromatic N) is 4. The molecule has 7 nitrogen and oxygen atoms in total. The molecular formula is C19H23N5O2. The second-order valence-electron chi connectivity index (χ2n) is 6.75. The Balaban J connectivity index is 1.87. The number of rotatable bonds is 5. The summed E-state index contributed by atoms with van der Waals surface area (Å²) >= 11 is 0. The van der Waals surface area contributed by atoms with Gasteiger partial charge in [0.1, 0.15) is 16.8 Å². The lowest BCUT2D eigenvalue weighted by Gasteiger charge is -2.17. The maximum atomic E-state index is 5.52. The summed E-state index contributed by atoms with van der Waals surface area (Å²) in [7, 11) is 1.66. The molecule has 1 fully saturated rings. The summed E-state index contributed by atoms with van der Waals surface area (Å²) in [5, 5.41) is 8.17. The van der Waals surface area contributed by atoms with Gasteiger partial charge in [0.25, 0.3) is 0 Å². The SMILES string of the molecule is COc1ccncc1-c1cc(N[C@@H]2CCOC2)c2c(cnn2C(C)C)n1. The summed E-state index contributed by atoms with van der Waals surface area (Å²) in [4.78, 5) is 9.05. The van der Waals surface area contributed by atoms with Gasteiger partial charge in [0.2, 0.25) is 0 Å². The van der Waals surface area contributed by atoms with Crippen LogP contribution >= 0.6 is 0 Å². The van der Waals surface area contributed by atoms with Crippen LogP contribution in [0.25, 0.3) is 22.3 Å². The van der Waals surface area contributed by atoms with Gasteiger partial charge in [-0.2, -0.15) is 5.10 Å². The molecule has 0 spiro atoms. The Bertz CT molecular complexity index is 915. The lowest BCUT2D eigenvalue weighted by Crippen LogP contribution is -2.20. The number of anilines is 1. The highest BCUT2D eigenvalue weighted by Gasteiger charge is 2.21. The zero-order valence-corrected chi connectivity index (χ0v) is 15.3. The fourth-order valence-electron chi connectivity index (χ4n) is 3.32. The minimum atomic E-state index is 0.244. The van der Waals surface area contributed by atoms with Crippen LogP contribution in [0.15, 0.2) is 30.7 Å². The van der Waals surface area contributed by atoms with Crippen molar-refractivity contribution >= 4 is 16.7 Å². The molecule has 26 heavy (non-hydrogen) atoms. The maximum absolute atomic E-state index is 5.52. The molecular weight excluding hydrogens is 330 g/mol. The monoisotopic (exact) mass is 353 g/mol. The average molecular weight is 353 g/mol. The zero-order valence-electron chi connectivity index (χ0n) is 15.3. The van der Waals surface area contributed by atoms with Gasteiger partial charge >= 0.3 is 0 Å². The molecule has 7 heteroatoms. The van der Waals surface area contributed by atoms with Crippen molar-refractivity contribution in [3.63, 3.8) is 0 Å². The number of pyridine rings is 2. The number of hydrogen-bond donors (Lipinski definition) is 1. The van der Waals surface area contributed by atoms with Crippen molar-refractivity contribution < 1.29 is 9.47 Å². The molecule has 0 bridgehead atoms. The van der Waals surface area contributed by atoms with E-state index in [9.17, 15) is 0 Å². The minimum absolute atomic E-state index is 0.244. The van der Waals surface area contributed by atoms with E-state index < -0.39 is 0 Å². The van der Waals surface area contributed by atoms with Gasteiger partial charge in [-0.15, -0.1) is 0 Å². The first-order chi connectivity index (χ1) is 12.7. The Morgan fingerprint density at radius 2 is 2.23 bits per heavy atom. The standard InChI is InChI=1S/C19H23N5O2/c1-12(2)24-19-16(22-13-5-7-26-11-13)8-15(23-17(19)10-21-24)14-9-20-6-4-18(14)25-3/h4,6,8-10,12-13H,5,7,11H2,1-3H3,(H,22,23)/t13-/m1/s1. The first-order valence-electron chi connectivity index (χ1n) is 8.88. The van der Waals surface area contributed by atoms with Crippen LogP contribution in [0.1, 0.15) is 26.3 Å². The highest BCUT2D eigenvalue weighted by Crippen LogP contribution is 2.34. The van der Waals surface area contributed by atoms with E-state index in [0.29, 0.717) is 12.6 Å². The first-order valence-corrected chi connectivity index (χ1v) is 8.88. The van der Waals surface area contributed by atoms with Crippen LogP contribution < -0.4 is 10.1 Å². The number of methoxy groups -OCH3 is 1. The Hall–Kier alpha value is -2.67.